The second-order valence-corrected chi connectivity index (χ2v) is 10.8. The number of hydrogen-bond acceptors (Lipinski definition) is 7. The van der Waals surface area contributed by atoms with Crippen LogP contribution in [0.3, 0.4) is 0 Å². The first kappa shape index (κ1) is 22.2. The number of piperidine rings is 1. The maximum Gasteiger partial charge on any atom is 0.273 e. The van der Waals surface area contributed by atoms with E-state index in [1.807, 2.05) is 12.1 Å². The monoisotopic (exact) mass is 492 g/mol. The van der Waals surface area contributed by atoms with Crippen LogP contribution >= 0.6 is 11.3 Å². The molecule has 1 atom stereocenters. The van der Waals surface area contributed by atoms with Crippen molar-refractivity contribution in [3.8, 4) is 0 Å². The van der Waals surface area contributed by atoms with Crippen LogP contribution in [0.1, 0.15) is 43.2 Å². The summed E-state index contributed by atoms with van der Waals surface area (Å²) in [6.07, 6.45) is 8.58. The van der Waals surface area contributed by atoms with Gasteiger partial charge in [0.15, 0.2) is 10.8 Å². The van der Waals surface area contributed by atoms with Gasteiger partial charge in [-0.15, -0.1) is 0 Å². The number of rotatable bonds is 6. The first-order chi connectivity index (χ1) is 17.0. The van der Waals surface area contributed by atoms with E-state index in [-0.39, 0.29) is 29.8 Å². The van der Waals surface area contributed by atoms with E-state index in [9.17, 15) is 14.4 Å². The van der Waals surface area contributed by atoms with Crippen LogP contribution in [0, 0.1) is 5.92 Å². The van der Waals surface area contributed by atoms with Gasteiger partial charge in [0.05, 0.1) is 5.92 Å². The number of nitrogens with zero attached hydrogens (tertiary/aromatic N) is 4. The molecule has 2 aliphatic carbocycles. The van der Waals surface area contributed by atoms with Crippen LogP contribution in [-0.2, 0) is 29.0 Å². The standard InChI is InChI=1S/C25H28N6O3S/c32-20(27-19-7-6-15-3-1-4-16(15)11-19)13-31-14-26-22-21(24(31)34)35-25(29-22)30-10-2-5-17(12-30)23(33)28-18-8-9-18/h6-7,11,14,17-18H,1-5,8-10,12-13H2,(H,27,32)(H,28,33)/t17-/m1/s1. The molecule has 9 nitrogen and oxygen atoms in total. The van der Waals surface area contributed by atoms with Gasteiger partial charge in [0.25, 0.3) is 5.56 Å². The molecule has 2 amide bonds. The number of carbonyl (C=O) groups is 2. The summed E-state index contributed by atoms with van der Waals surface area (Å²) >= 11 is 1.28. The second kappa shape index (κ2) is 9.07. The number of amides is 2. The largest absolute Gasteiger partial charge is 0.353 e. The van der Waals surface area contributed by atoms with Crippen molar-refractivity contribution in [3.63, 3.8) is 0 Å². The lowest BCUT2D eigenvalue weighted by Crippen LogP contribution is -2.43. The molecular formula is C25H28N6O3S. The number of nitrogens with one attached hydrogen (secondary N) is 2. The lowest BCUT2D eigenvalue weighted by molar-refractivity contribution is -0.125. The summed E-state index contributed by atoms with van der Waals surface area (Å²) in [4.78, 5) is 49.3. The molecule has 1 saturated heterocycles. The normalized spacial score (nSPS) is 19.5. The number of thiazole rings is 1. The SMILES string of the molecule is O=C(Cn1cnc2nc(N3CCC[C@@H](C(=O)NC4CC4)C3)sc2c1=O)Nc1ccc2c(c1)CCC2. The zero-order valence-corrected chi connectivity index (χ0v) is 20.3. The van der Waals surface area contributed by atoms with Crippen LogP contribution in [0.4, 0.5) is 10.8 Å². The molecule has 3 aromatic rings. The molecule has 2 N–H and O–H groups in total. The Balaban J connectivity index is 1.15. The summed E-state index contributed by atoms with van der Waals surface area (Å²) in [5, 5.41) is 6.70. The number of aromatic nitrogens is 3. The second-order valence-electron chi connectivity index (χ2n) is 9.78. The van der Waals surface area contributed by atoms with E-state index >= 15 is 0 Å². The Morgan fingerprint density at radius 1 is 1.11 bits per heavy atom. The highest BCUT2D eigenvalue weighted by Gasteiger charge is 2.31. The third-order valence-electron chi connectivity index (χ3n) is 7.06. The Bertz CT molecular complexity index is 1360. The van der Waals surface area contributed by atoms with E-state index < -0.39 is 0 Å². The fourth-order valence-electron chi connectivity index (χ4n) is 5.00. The molecule has 0 unspecified atom stereocenters. The van der Waals surface area contributed by atoms with E-state index in [1.54, 1.807) is 0 Å². The van der Waals surface area contributed by atoms with Crippen molar-refractivity contribution in [2.45, 2.75) is 57.5 Å². The molecule has 6 rings (SSSR count). The lowest BCUT2D eigenvalue weighted by atomic mass is 9.97. The highest BCUT2D eigenvalue weighted by Crippen LogP contribution is 2.30. The molecule has 2 fully saturated rings. The zero-order valence-electron chi connectivity index (χ0n) is 19.5. The summed E-state index contributed by atoms with van der Waals surface area (Å²) in [7, 11) is 0. The van der Waals surface area contributed by atoms with Crippen LogP contribution < -0.4 is 21.1 Å². The van der Waals surface area contributed by atoms with E-state index in [1.165, 1.54) is 33.4 Å². The van der Waals surface area contributed by atoms with Gasteiger partial charge in [-0.25, -0.2) is 4.98 Å². The number of benzene rings is 1. The molecule has 3 aliphatic rings. The molecule has 0 bridgehead atoms. The van der Waals surface area contributed by atoms with E-state index in [2.05, 4.69) is 31.6 Å². The van der Waals surface area contributed by atoms with Gasteiger partial charge < -0.3 is 15.5 Å². The summed E-state index contributed by atoms with van der Waals surface area (Å²) < 4.78 is 1.76. The van der Waals surface area contributed by atoms with Gasteiger partial charge in [-0.1, -0.05) is 17.4 Å². The number of carbonyl (C=O) groups excluding carboxylic acids is 2. The number of aryl methyl sites for hydroxylation is 2. The minimum atomic E-state index is -0.275. The summed E-state index contributed by atoms with van der Waals surface area (Å²) in [6.45, 7) is 1.28. The number of anilines is 2. The van der Waals surface area contributed by atoms with Crippen LogP contribution in [0.25, 0.3) is 10.3 Å². The van der Waals surface area contributed by atoms with Gasteiger partial charge in [0.2, 0.25) is 11.8 Å². The van der Waals surface area contributed by atoms with Crippen LogP contribution in [0.2, 0.25) is 0 Å². The van der Waals surface area contributed by atoms with Gasteiger partial charge in [-0.05, 0) is 68.2 Å². The lowest BCUT2D eigenvalue weighted by Gasteiger charge is -2.31. The average molecular weight is 493 g/mol. The van der Waals surface area contributed by atoms with E-state index in [0.717, 1.165) is 57.2 Å². The van der Waals surface area contributed by atoms with Gasteiger partial charge in [-0.3, -0.25) is 19.0 Å². The fourth-order valence-corrected chi connectivity index (χ4v) is 6.00. The van der Waals surface area contributed by atoms with Gasteiger partial charge in [-0.2, -0.15) is 4.98 Å². The molecule has 35 heavy (non-hydrogen) atoms. The predicted molar refractivity (Wildman–Crippen MR) is 135 cm³/mol. The minimum absolute atomic E-state index is 0.0658. The van der Waals surface area contributed by atoms with Gasteiger partial charge in [0, 0.05) is 24.8 Å². The quantitative estimate of drug-likeness (QED) is 0.547. The Hall–Kier alpha value is -3.27. The third kappa shape index (κ3) is 4.67. The molecule has 10 heteroatoms. The first-order valence-electron chi connectivity index (χ1n) is 12.4. The molecule has 1 aliphatic heterocycles. The zero-order chi connectivity index (χ0) is 23.9. The van der Waals surface area contributed by atoms with Crippen molar-refractivity contribution in [3.05, 3.63) is 46.0 Å². The van der Waals surface area contributed by atoms with E-state index in [0.29, 0.717) is 28.1 Å². The predicted octanol–water partition coefficient (Wildman–Crippen LogP) is 2.48. The first-order valence-corrected chi connectivity index (χ1v) is 13.2. The van der Waals surface area contributed by atoms with Crippen molar-refractivity contribution >= 4 is 44.3 Å². The Labute approximate surface area is 206 Å². The van der Waals surface area contributed by atoms with Crippen molar-refractivity contribution in [1.82, 2.24) is 19.9 Å². The van der Waals surface area contributed by atoms with Gasteiger partial charge >= 0.3 is 0 Å². The maximum absolute atomic E-state index is 13.1. The van der Waals surface area contributed by atoms with Gasteiger partial charge in [0.1, 0.15) is 17.6 Å². The number of hydrogen-bond donors (Lipinski definition) is 2. The maximum atomic E-state index is 13.1. The summed E-state index contributed by atoms with van der Waals surface area (Å²) in [5.74, 6) is -0.214. The van der Waals surface area contributed by atoms with Crippen molar-refractivity contribution in [2.75, 3.05) is 23.3 Å². The molecule has 0 radical (unpaired) electrons. The average Bonchev–Trinajstić information content (AvgIpc) is 3.37. The highest BCUT2D eigenvalue weighted by atomic mass is 32.1. The minimum Gasteiger partial charge on any atom is -0.353 e. The van der Waals surface area contributed by atoms with Crippen LogP contribution in [0.5, 0.6) is 0 Å². The molecular weight excluding hydrogens is 464 g/mol. The highest BCUT2D eigenvalue weighted by molar-refractivity contribution is 7.22. The molecule has 182 valence electrons. The third-order valence-corrected chi connectivity index (χ3v) is 8.15. The Morgan fingerprint density at radius 3 is 2.83 bits per heavy atom. The molecule has 3 heterocycles. The molecule has 0 spiro atoms. The van der Waals surface area contributed by atoms with E-state index in [4.69, 9.17) is 0 Å². The molecule has 1 aromatic carbocycles. The Morgan fingerprint density at radius 2 is 1.97 bits per heavy atom. The van der Waals surface area contributed by atoms with Crippen molar-refractivity contribution < 1.29 is 9.59 Å². The summed E-state index contributed by atoms with van der Waals surface area (Å²) in [5.41, 5.74) is 3.49. The van der Waals surface area contributed by atoms with Crippen LogP contribution in [-0.4, -0.2) is 45.5 Å². The smallest absolute Gasteiger partial charge is 0.273 e. The molecule has 1 saturated carbocycles. The Kier molecular flexibility index (Phi) is 5.75. The topological polar surface area (TPSA) is 109 Å². The van der Waals surface area contributed by atoms with Crippen molar-refractivity contribution in [2.24, 2.45) is 5.92 Å². The fraction of sp³-hybridized carbons (Fsp3) is 0.480. The van der Waals surface area contributed by atoms with Crippen molar-refractivity contribution in [1.29, 1.82) is 0 Å². The summed E-state index contributed by atoms with van der Waals surface area (Å²) in [6, 6.07) is 6.36. The number of fused-ring (bicyclic) bond motifs is 2. The van der Waals surface area contributed by atoms with Crippen LogP contribution in [0.15, 0.2) is 29.3 Å². The molecule has 2 aromatic heterocycles.